The first kappa shape index (κ1) is 14.1. The van der Waals surface area contributed by atoms with Crippen LogP contribution >= 0.6 is 0 Å². The molecule has 1 atom stereocenters. The SMILES string of the molecule is CNC1C(=O)N(C(C)C)C(C)(C)Cc2ccccc21. The van der Waals surface area contributed by atoms with Crippen molar-refractivity contribution in [1.82, 2.24) is 10.2 Å². The summed E-state index contributed by atoms with van der Waals surface area (Å²) >= 11 is 0. The number of benzene rings is 1. The molecule has 1 aromatic carbocycles. The number of carbonyl (C=O) groups is 1. The summed E-state index contributed by atoms with van der Waals surface area (Å²) in [4.78, 5) is 14.9. The zero-order valence-corrected chi connectivity index (χ0v) is 12.5. The van der Waals surface area contributed by atoms with Crippen LogP contribution in [-0.4, -0.2) is 29.4 Å². The molecule has 1 heterocycles. The van der Waals surface area contributed by atoms with Gasteiger partial charge in [-0.05, 0) is 52.3 Å². The average molecular weight is 260 g/mol. The quantitative estimate of drug-likeness (QED) is 0.886. The standard InChI is InChI=1S/C16H24N2O/c1-11(2)18-15(19)14(17-5)13-9-7-6-8-12(13)10-16(18,3)4/h6-9,11,14,17H,10H2,1-5H3. The molecule has 19 heavy (non-hydrogen) atoms. The number of nitrogens with one attached hydrogen (secondary N) is 1. The third-order valence-electron chi connectivity index (χ3n) is 3.93. The molecule has 3 nitrogen and oxygen atoms in total. The minimum Gasteiger partial charge on any atom is -0.333 e. The lowest BCUT2D eigenvalue weighted by Gasteiger charge is -2.41. The lowest BCUT2D eigenvalue weighted by Crippen LogP contribution is -2.53. The van der Waals surface area contributed by atoms with Crippen molar-refractivity contribution in [3.05, 3.63) is 35.4 Å². The van der Waals surface area contributed by atoms with Crippen molar-refractivity contribution in [2.24, 2.45) is 0 Å². The molecule has 104 valence electrons. The average Bonchev–Trinajstić information content (AvgIpc) is 2.38. The molecule has 0 bridgehead atoms. The fourth-order valence-electron chi connectivity index (χ4n) is 3.33. The second kappa shape index (κ2) is 4.97. The van der Waals surface area contributed by atoms with E-state index in [9.17, 15) is 4.79 Å². The Morgan fingerprint density at radius 2 is 1.95 bits per heavy atom. The topological polar surface area (TPSA) is 32.3 Å². The number of hydrogen-bond acceptors (Lipinski definition) is 2. The first-order chi connectivity index (χ1) is 8.88. The van der Waals surface area contributed by atoms with Gasteiger partial charge in [-0.15, -0.1) is 0 Å². The van der Waals surface area contributed by atoms with Crippen molar-refractivity contribution >= 4 is 5.91 Å². The minimum absolute atomic E-state index is 0.160. The van der Waals surface area contributed by atoms with E-state index in [1.165, 1.54) is 5.56 Å². The number of rotatable bonds is 2. The van der Waals surface area contributed by atoms with Gasteiger partial charge in [0, 0.05) is 11.6 Å². The number of fused-ring (bicyclic) bond motifs is 1. The van der Waals surface area contributed by atoms with Crippen molar-refractivity contribution < 1.29 is 4.79 Å². The molecule has 0 aliphatic carbocycles. The van der Waals surface area contributed by atoms with Crippen LogP contribution in [0.4, 0.5) is 0 Å². The van der Waals surface area contributed by atoms with Crippen molar-refractivity contribution in [2.45, 2.75) is 51.7 Å². The van der Waals surface area contributed by atoms with Crippen LogP contribution in [-0.2, 0) is 11.2 Å². The molecule has 1 unspecified atom stereocenters. The highest BCUT2D eigenvalue weighted by atomic mass is 16.2. The highest BCUT2D eigenvalue weighted by molar-refractivity contribution is 5.85. The summed E-state index contributed by atoms with van der Waals surface area (Å²) < 4.78 is 0. The maximum atomic E-state index is 12.9. The van der Waals surface area contributed by atoms with Crippen LogP contribution in [0.25, 0.3) is 0 Å². The van der Waals surface area contributed by atoms with Crippen LogP contribution < -0.4 is 5.32 Å². The maximum absolute atomic E-state index is 12.9. The van der Waals surface area contributed by atoms with Crippen LogP contribution in [0.3, 0.4) is 0 Å². The highest BCUT2D eigenvalue weighted by Gasteiger charge is 2.40. The lowest BCUT2D eigenvalue weighted by molar-refractivity contribution is -0.140. The van der Waals surface area contributed by atoms with Gasteiger partial charge in [0.25, 0.3) is 0 Å². The molecule has 2 rings (SSSR count). The molecule has 1 aromatic rings. The normalized spacial score (nSPS) is 22.3. The number of carbonyl (C=O) groups excluding carboxylic acids is 1. The van der Waals surface area contributed by atoms with E-state index in [0.717, 1.165) is 12.0 Å². The van der Waals surface area contributed by atoms with Crippen LogP contribution in [0, 0.1) is 0 Å². The van der Waals surface area contributed by atoms with Gasteiger partial charge < -0.3 is 10.2 Å². The predicted molar refractivity (Wildman–Crippen MR) is 78.0 cm³/mol. The van der Waals surface area contributed by atoms with Crippen LogP contribution in [0.2, 0.25) is 0 Å². The van der Waals surface area contributed by atoms with Crippen molar-refractivity contribution in [2.75, 3.05) is 7.05 Å². The second-order valence-corrected chi connectivity index (χ2v) is 6.21. The molecule has 1 amide bonds. The smallest absolute Gasteiger partial charge is 0.244 e. The van der Waals surface area contributed by atoms with Crippen molar-refractivity contribution in [1.29, 1.82) is 0 Å². The monoisotopic (exact) mass is 260 g/mol. The molecule has 0 aromatic heterocycles. The molecule has 0 spiro atoms. The summed E-state index contributed by atoms with van der Waals surface area (Å²) in [7, 11) is 1.86. The summed E-state index contributed by atoms with van der Waals surface area (Å²) in [5.74, 6) is 0.174. The van der Waals surface area contributed by atoms with Gasteiger partial charge in [-0.3, -0.25) is 4.79 Å². The molecular weight excluding hydrogens is 236 g/mol. The van der Waals surface area contributed by atoms with Gasteiger partial charge in [-0.25, -0.2) is 0 Å². The summed E-state index contributed by atoms with van der Waals surface area (Å²) in [6.07, 6.45) is 0.894. The van der Waals surface area contributed by atoms with Gasteiger partial charge in [0.2, 0.25) is 5.91 Å². The Kier molecular flexibility index (Phi) is 3.68. The highest BCUT2D eigenvalue weighted by Crippen LogP contribution is 2.33. The van der Waals surface area contributed by atoms with E-state index in [-0.39, 0.29) is 23.5 Å². The summed E-state index contributed by atoms with van der Waals surface area (Å²) in [6.45, 7) is 8.48. The summed E-state index contributed by atoms with van der Waals surface area (Å²) in [5.41, 5.74) is 2.22. The van der Waals surface area contributed by atoms with Crippen molar-refractivity contribution in [3.63, 3.8) is 0 Å². The third-order valence-corrected chi connectivity index (χ3v) is 3.93. The number of hydrogen-bond donors (Lipinski definition) is 1. The third kappa shape index (κ3) is 2.39. The molecule has 0 fully saturated rings. The van der Waals surface area contributed by atoms with E-state index in [1.54, 1.807) is 0 Å². The van der Waals surface area contributed by atoms with E-state index in [1.807, 2.05) is 18.0 Å². The lowest BCUT2D eigenvalue weighted by atomic mass is 9.91. The number of amides is 1. The summed E-state index contributed by atoms with van der Waals surface area (Å²) in [6, 6.07) is 8.23. The van der Waals surface area contributed by atoms with Crippen LogP contribution in [0.5, 0.6) is 0 Å². The van der Waals surface area contributed by atoms with Gasteiger partial charge >= 0.3 is 0 Å². The Hall–Kier alpha value is -1.35. The van der Waals surface area contributed by atoms with E-state index in [2.05, 4.69) is 51.2 Å². The molecule has 0 saturated carbocycles. The summed E-state index contributed by atoms with van der Waals surface area (Å²) in [5, 5.41) is 3.18. The van der Waals surface area contributed by atoms with Crippen LogP contribution in [0.1, 0.15) is 44.9 Å². The second-order valence-electron chi connectivity index (χ2n) is 6.21. The van der Waals surface area contributed by atoms with E-state index < -0.39 is 0 Å². The van der Waals surface area contributed by atoms with Gasteiger partial charge in [0.1, 0.15) is 6.04 Å². The number of nitrogens with zero attached hydrogens (tertiary/aromatic N) is 1. The Balaban J connectivity index is 2.57. The molecule has 3 heteroatoms. The fraction of sp³-hybridized carbons (Fsp3) is 0.562. The van der Waals surface area contributed by atoms with Crippen molar-refractivity contribution in [3.8, 4) is 0 Å². The number of likely N-dealkylation sites (N-methyl/N-ethyl adjacent to an activating group) is 1. The molecule has 1 aliphatic rings. The van der Waals surface area contributed by atoms with Gasteiger partial charge in [0.15, 0.2) is 0 Å². The zero-order valence-electron chi connectivity index (χ0n) is 12.5. The molecule has 0 saturated heterocycles. The molecule has 1 aliphatic heterocycles. The maximum Gasteiger partial charge on any atom is 0.244 e. The Morgan fingerprint density at radius 3 is 2.53 bits per heavy atom. The first-order valence-corrected chi connectivity index (χ1v) is 6.96. The predicted octanol–water partition coefficient (Wildman–Crippen LogP) is 2.52. The van der Waals surface area contributed by atoms with Gasteiger partial charge in [-0.2, -0.15) is 0 Å². The fourth-order valence-corrected chi connectivity index (χ4v) is 3.33. The minimum atomic E-state index is -0.236. The zero-order chi connectivity index (χ0) is 14.2. The van der Waals surface area contributed by atoms with E-state index in [4.69, 9.17) is 0 Å². The molecular formula is C16H24N2O. The van der Waals surface area contributed by atoms with Gasteiger partial charge in [0.05, 0.1) is 0 Å². The first-order valence-electron chi connectivity index (χ1n) is 6.96. The Morgan fingerprint density at radius 1 is 1.32 bits per heavy atom. The molecule has 1 N–H and O–H groups in total. The van der Waals surface area contributed by atoms with E-state index >= 15 is 0 Å². The van der Waals surface area contributed by atoms with E-state index in [0.29, 0.717) is 0 Å². The van der Waals surface area contributed by atoms with Gasteiger partial charge in [-0.1, -0.05) is 24.3 Å². The molecule has 0 radical (unpaired) electrons. The Labute approximate surface area is 116 Å². The Bertz CT molecular complexity index is 479. The van der Waals surface area contributed by atoms with Crippen LogP contribution in [0.15, 0.2) is 24.3 Å². The largest absolute Gasteiger partial charge is 0.333 e.